The number of nitrogens with zero attached hydrogens (tertiary/aromatic N) is 2. The van der Waals surface area contributed by atoms with Crippen LogP contribution in [0.25, 0.3) is 6.20 Å². The zero-order valence-corrected chi connectivity index (χ0v) is 5.83. The van der Waals surface area contributed by atoms with Gasteiger partial charge in [0, 0.05) is 18.1 Å². The van der Waals surface area contributed by atoms with Gasteiger partial charge in [-0.15, -0.1) is 0 Å². The van der Waals surface area contributed by atoms with Crippen LogP contribution >= 0.6 is 0 Å². The van der Waals surface area contributed by atoms with E-state index in [0.717, 1.165) is 6.42 Å². The van der Waals surface area contributed by atoms with Crippen LogP contribution in [0, 0.1) is 0 Å². The fourth-order valence-corrected chi connectivity index (χ4v) is 1.25. The molecule has 10 heavy (non-hydrogen) atoms. The molecule has 52 valence electrons. The summed E-state index contributed by atoms with van der Waals surface area (Å²) in [5.74, 6) is 0. The largest absolute Gasteiger partial charge is 0.310 e. The predicted octanol–water partition coefficient (Wildman–Crippen LogP) is 1.69. The lowest BCUT2D eigenvalue weighted by atomic mass is 10.2. The van der Waals surface area contributed by atoms with Crippen molar-refractivity contribution in [2.24, 2.45) is 0 Å². The monoisotopic (exact) mass is 134 g/mol. The van der Waals surface area contributed by atoms with Crippen molar-refractivity contribution in [2.45, 2.75) is 19.3 Å². The van der Waals surface area contributed by atoms with Gasteiger partial charge in [-0.3, -0.25) is 0 Å². The molecule has 0 spiro atoms. The maximum atomic E-state index is 4.06. The Hall–Kier alpha value is -1.05. The molecule has 1 aromatic rings. The Kier molecular flexibility index (Phi) is 1.31. The Morgan fingerprint density at radius 2 is 2.50 bits per heavy atom. The molecule has 0 bridgehead atoms. The number of imidazole rings is 1. The van der Waals surface area contributed by atoms with Gasteiger partial charge < -0.3 is 4.57 Å². The third kappa shape index (κ3) is 0.856. The van der Waals surface area contributed by atoms with Crippen LogP contribution in [-0.2, 0) is 6.42 Å². The summed E-state index contributed by atoms with van der Waals surface area (Å²) >= 11 is 0. The van der Waals surface area contributed by atoms with E-state index in [1.807, 2.05) is 12.5 Å². The summed E-state index contributed by atoms with van der Waals surface area (Å²) < 4.78 is 2.09. The van der Waals surface area contributed by atoms with Gasteiger partial charge in [0.2, 0.25) is 0 Å². The Balaban J connectivity index is 2.42. The zero-order chi connectivity index (χ0) is 6.81. The number of aromatic nitrogens is 2. The lowest BCUT2D eigenvalue weighted by Crippen LogP contribution is -1.89. The first-order valence-electron chi connectivity index (χ1n) is 3.64. The highest BCUT2D eigenvalue weighted by Crippen LogP contribution is 2.10. The van der Waals surface area contributed by atoms with Gasteiger partial charge in [0.05, 0.1) is 6.33 Å². The standard InChI is InChI=1S/C8H10N2/c1-2-4-8-6-9-7-10(8)5-3-1/h3,5-7H,1-2,4H2. The molecule has 1 aliphatic rings. The van der Waals surface area contributed by atoms with E-state index in [0.29, 0.717) is 0 Å². The van der Waals surface area contributed by atoms with Crippen LogP contribution in [0.4, 0.5) is 0 Å². The second-order valence-electron chi connectivity index (χ2n) is 2.57. The highest BCUT2D eigenvalue weighted by molar-refractivity contribution is 5.27. The van der Waals surface area contributed by atoms with E-state index in [-0.39, 0.29) is 0 Å². The molecule has 1 aliphatic heterocycles. The summed E-state index contributed by atoms with van der Waals surface area (Å²) in [6.45, 7) is 0. The van der Waals surface area contributed by atoms with Crippen LogP contribution in [0.5, 0.6) is 0 Å². The molecule has 2 rings (SSSR count). The van der Waals surface area contributed by atoms with Crippen LogP contribution in [0.3, 0.4) is 0 Å². The third-order valence-electron chi connectivity index (χ3n) is 1.82. The Morgan fingerprint density at radius 1 is 1.50 bits per heavy atom. The van der Waals surface area contributed by atoms with Gasteiger partial charge in [0.1, 0.15) is 0 Å². The van der Waals surface area contributed by atoms with Crippen LogP contribution in [0.1, 0.15) is 18.5 Å². The maximum Gasteiger partial charge on any atom is 0.0989 e. The van der Waals surface area contributed by atoms with Gasteiger partial charge in [-0.1, -0.05) is 6.08 Å². The van der Waals surface area contributed by atoms with E-state index >= 15 is 0 Å². The molecule has 0 aliphatic carbocycles. The minimum Gasteiger partial charge on any atom is -0.310 e. The second kappa shape index (κ2) is 2.29. The number of hydrogen-bond donors (Lipinski definition) is 0. The van der Waals surface area contributed by atoms with Gasteiger partial charge in [0.25, 0.3) is 0 Å². The molecule has 0 atom stereocenters. The molecule has 2 heterocycles. The summed E-state index contributed by atoms with van der Waals surface area (Å²) in [4.78, 5) is 4.06. The number of aryl methyl sites for hydroxylation is 1. The minimum atomic E-state index is 1.16. The van der Waals surface area contributed by atoms with Crippen LogP contribution in [0.15, 0.2) is 18.6 Å². The third-order valence-corrected chi connectivity index (χ3v) is 1.82. The van der Waals surface area contributed by atoms with Crippen molar-refractivity contribution in [1.82, 2.24) is 9.55 Å². The Morgan fingerprint density at radius 3 is 3.50 bits per heavy atom. The fraction of sp³-hybridized carbons (Fsp3) is 0.375. The molecule has 2 nitrogen and oxygen atoms in total. The number of allylic oxidation sites excluding steroid dienone is 1. The Bertz CT molecular complexity index is 248. The molecule has 0 unspecified atom stereocenters. The van der Waals surface area contributed by atoms with Gasteiger partial charge in [-0.05, 0) is 19.3 Å². The highest BCUT2D eigenvalue weighted by Gasteiger charge is 2.00. The Labute approximate surface area is 60.2 Å². The molecule has 0 N–H and O–H groups in total. The molecule has 0 saturated carbocycles. The van der Waals surface area contributed by atoms with Crippen molar-refractivity contribution < 1.29 is 0 Å². The highest BCUT2D eigenvalue weighted by atomic mass is 15.0. The topological polar surface area (TPSA) is 17.8 Å². The van der Waals surface area contributed by atoms with Crippen molar-refractivity contribution in [3.05, 3.63) is 24.3 Å². The van der Waals surface area contributed by atoms with Crippen LogP contribution < -0.4 is 0 Å². The molecule has 0 radical (unpaired) electrons. The van der Waals surface area contributed by atoms with Gasteiger partial charge >= 0.3 is 0 Å². The zero-order valence-electron chi connectivity index (χ0n) is 5.83. The fourth-order valence-electron chi connectivity index (χ4n) is 1.25. The molecule has 0 saturated heterocycles. The predicted molar refractivity (Wildman–Crippen MR) is 40.5 cm³/mol. The lowest BCUT2D eigenvalue weighted by Gasteiger charge is -1.95. The maximum absolute atomic E-state index is 4.06. The number of rotatable bonds is 0. The van der Waals surface area contributed by atoms with Gasteiger partial charge in [-0.25, -0.2) is 4.98 Å². The number of fused-ring (bicyclic) bond motifs is 1. The SMILES string of the molecule is C1=Cn2cncc2CCC1. The van der Waals surface area contributed by atoms with Crippen molar-refractivity contribution >= 4 is 6.20 Å². The quantitative estimate of drug-likeness (QED) is 0.528. The number of hydrogen-bond acceptors (Lipinski definition) is 1. The molecule has 0 amide bonds. The smallest absolute Gasteiger partial charge is 0.0989 e. The average molecular weight is 134 g/mol. The van der Waals surface area contributed by atoms with E-state index in [1.54, 1.807) is 0 Å². The second-order valence-corrected chi connectivity index (χ2v) is 2.57. The van der Waals surface area contributed by atoms with Crippen molar-refractivity contribution in [1.29, 1.82) is 0 Å². The van der Waals surface area contributed by atoms with Crippen molar-refractivity contribution in [3.63, 3.8) is 0 Å². The normalized spacial score (nSPS) is 16.4. The molecule has 2 heteroatoms. The first kappa shape index (κ1) is 5.71. The van der Waals surface area contributed by atoms with E-state index in [1.165, 1.54) is 18.5 Å². The van der Waals surface area contributed by atoms with E-state index in [4.69, 9.17) is 0 Å². The van der Waals surface area contributed by atoms with Crippen LogP contribution in [-0.4, -0.2) is 9.55 Å². The molecule has 1 aromatic heterocycles. The minimum absolute atomic E-state index is 1.16. The first-order valence-corrected chi connectivity index (χ1v) is 3.64. The van der Waals surface area contributed by atoms with Crippen molar-refractivity contribution in [3.8, 4) is 0 Å². The molecule has 0 aromatic carbocycles. The molecular weight excluding hydrogens is 124 g/mol. The summed E-state index contributed by atoms with van der Waals surface area (Å²) in [6.07, 6.45) is 11.7. The molecule has 0 fully saturated rings. The van der Waals surface area contributed by atoms with E-state index in [9.17, 15) is 0 Å². The van der Waals surface area contributed by atoms with Crippen LogP contribution in [0.2, 0.25) is 0 Å². The summed E-state index contributed by atoms with van der Waals surface area (Å²) in [7, 11) is 0. The van der Waals surface area contributed by atoms with Gasteiger partial charge in [0.15, 0.2) is 0 Å². The lowest BCUT2D eigenvalue weighted by molar-refractivity contribution is 0.826. The summed E-state index contributed by atoms with van der Waals surface area (Å²) in [5, 5.41) is 0. The van der Waals surface area contributed by atoms with E-state index < -0.39 is 0 Å². The van der Waals surface area contributed by atoms with E-state index in [2.05, 4.69) is 21.8 Å². The molecular formula is C8H10N2. The summed E-state index contributed by atoms with van der Waals surface area (Å²) in [6, 6.07) is 0. The average Bonchev–Trinajstić information content (AvgIpc) is 2.28. The van der Waals surface area contributed by atoms with Crippen molar-refractivity contribution in [2.75, 3.05) is 0 Å². The first-order chi connectivity index (χ1) is 4.97. The van der Waals surface area contributed by atoms with Gasteiger partial charge in [-0.2, -0.15) is 0 Å². The summed E-state index contributed by atoms with van der Waals surface area (Å²) in [5.41, 5.74) is 1.33.